The summed E-state index contributed by atoms with van der Waals surface area (Å²) in [6, 6.07) is 8.40. The van der Waals surface area contributed by atoms with Crippen molar-refractivity contribution in [2.24, 2.45) is 0 Å². The Balaban J connectivity index is 1.63. The third kappa shape index (κ3) is 4.30. The molecule has 6 nitrogen and oxygen atoms in total. The molecule has 1 aromatic carbocycles. The minimum atomic E-state index is -4.40. The normalized spacial score (nSPS) is 17.8. The van der Waals surface area contributed by atoms with E-state index in [1.807, 2.05) is 13.0 Å². The zero-order chi connectivity index (χ0) is 21.3. The second kappa shape index (κ2) is 8.06. The predicted octanol–water partition coefficient (Wildman–Crippen LogP) is 4.69. The summed E-state index contributed by atoms with van der Waals surface area (Å²) in [6.45, 7) is 4.76. The molecule has 4 rings (SSSR count). The minimum absolute atomic E-state index is 0.0497. The van der Waals surface area contributed by atoms with Crippen molar-refractivity contribution >= 4 is 16.7 Å². The highest BCUT2D eigenvalue weighted by atomic mass is 19.4. The van der Waals surface area contributed by atoms with Crippen LogP contribution in [-0.2, 0) is 10.9 Å². The Morgan fingerprint density at radius 1 is 1.20 bits per heavy atom. The van der Waals surface area contributed by atoms with Crippen molar-refractivity contribution in [1.82, 2.24) is 15.2 Å². The zero-order valence-corrected chi connectivity index (χ0v) is 16.5. The van der Waals surface area contributed by atoms with Crippen LogP contribution in [0.2, 0.25) is 0 Å². The molecule has 2 aromatic heterocycles. The Morgan fingerprint density at radius 3 is 2.77 bits per heavy atom. The summed E-state index contributed by atoms with van der Waals surface area (Å²) in [6.07, 6.45) is -3.65. The van der Waals surface area contributed by atoms with Gasteiger partial charge >= 0.3 is 6.18 Å². The number of halogens is 3. The molecule has 2 atom stereocenters. The zero-order valence-electron chi connectivity index (χ0n) is 16.5. The van der Waals surface area contributed by atoms with Crippen LogP contribution in [0, 0.1) is 6.92 Å². The smallest absolute Gasteiger partial charge is 0.416 e. The molecule has 0 aliphatic carbocycles. The van der Waals surface area contributed by atoms with Gasteiger partial charge in [-0.05, 0) is 37.6 Å². The van der Waals surface area contributed by atoms with Crippen molar-refractivity contribution in [3.63, 3.8) is 0 Å². The van der Waals surface area contributed by atoms with Crippen molar-refractivity contribution < 1.29 is 22.6 Å². The molecule has 0 amide bonds. The summed E-state index contributed by atoms with van der Waals surface area (Å²) >= 11 is 0. The highest BCUT2D eigenvalue weighted by Crippen LogP contribution is 2.32. The van der Waals surface area contributed by atoms with Gasteiger partial charge < -0.3 is 14.8 Å². The highest BCUT2D eigenvalue weighted by Gasteiger charge is 2.30. The second-order valence-corrected chi connectivity index (χ2v) is 7.27. The van der Waals surface area contributed by atoms with Gasteiger partial charge in [-0.25, -0.2) is 4.98 Å². The lowest BCUT2D eigenvalue weighted by molar-refractivity contribution is -0.137. The second-order valence-electron chi connectivity index (χ2n) is 7.27. The van der Waals surface area contributed by atoms with Crippen LogP contribution in [0.1, 0.15) is 36.2 Å². The van der Waals surface area contributed by atoms with Crippen molar-refractivity contribution in [3.05, 3.63) is 53.2 Å². The van der Waals surface area contributed by atoms with E-state index >= 15 is 0 Å². The molecule has 1 aliphatic rings. The van der Waals surface area contributed by atoms with Crippen LogP contribution in [0.3, 0.4) is 0 Å². The number of hydrogen-bond acceptors (Lipinski definition) is 6. The Hall–Kier alpha value is -2.94. The number of pyridine rings is 1. The average Bonchev–Trinajstić information content (AvgIpc) is 3.22. The topological polar surface area (TPSA) is 69.2 Å². The van der Waals surface area contributed by atoms with Gasteiger partial charge in [0.1, 0.15) is 11.6 Å². The maximum Gasteiger partial charge on any atom is 0.416 e. The molecule has 1 aliphatic heterocycles. The summed E-state index contributed by atoms with van der Waals surface area (Å²) in [5.41, 5.74) is 1.04. The molecule has 3 heterocycles. The van der Waals surface area contributed by atoms with Crippen LogP contribution in [0.4, 0.5) is 19.0 Å². The summed E-state index contributed by atoms with van der Waals surface area (Å²) in [5.74, 6) is 0.828. The first-order chi connectivity index (χ1) is 14.3. The number of alkyl halides is 3. The molecule has 0 saturated carbocycles. The molecule has 0 spiro atoms. The van der Waals surface area contributed by atoms with E-state index < -0.39 is 17.8 Å². The van der Waals surface area contributed by atoms with Gasteiger partial charge in [0.2, 0.25) is 5.88 Å². The Morgan fingerprint density at radius 2 is 2.03 bits per heavy atom. The van der Waals surface area contributed by atoms with Crippen LogP contribution in [-0.4, -0.2) is 34.5 Å². The number of nitrogens with one attached hydrogen (secondary N) is 1. The maximum atomic E-state index is 13.0. The number of benzene rings is 1. The lowest BCUT2D eigenvalue weighted by Crippen LogP contribution is -2.16. The molecular weight excluding hydrogens is 397 g/mol. The lowest BCUT2D eigenvalue weighted by Gasteiger charge is -2.18. The molecule has 0 radical (unpaired) electrons. The van der Waals surface area contributed by atoms with E-state index in [4.69, 9.17) is 9.47 Å². The number of aryl methyl sites for hydroxylation is 1. The van der Waals surface area contributed by atoms with E-state index in [9.17, 15) is 13.2 Å². The maximum absolute atomic E-state index is 13.0. The van der Waals surface area contributed by atoms with Crippen molar-refractivity contribution in [1.29, 1.82) is 0 Å². The molecule has 3 aromatic rings. The molecule has 1 saturated heterocycles. The fraction of sp³-hybridized carbons (Fsp3) is 0.381. The van der Waals surface area contributed by atoms with Crippen LogP contribution in [0.25, 0.3) is 10.9 Å². The van der Waals surface area contributed by atoms with Gasteiger partial charge in [0.25, 0.3) is 0 Å². The first-order valence-electron chi connectivity index (χ1n) is 9.63. The van der Waals surface area contributed by atoms with E-state index in [1.165, 1.54) is 6.07 Å². The summed E-state index contributed by atoms with van der Waals surface area (Å²) < 4.78 is 50.4. The van der Waals surface area contributed by atoms with Gasteiger partial charge in [0.05, 0.1) is 30.5 Å². The molecular formula is C21H21F3N4O2. The van der Waals surface area contributed by atoms with Crippen molar-refractivity contribution in [2.75, 3.05) is 18.5 Å². The number of aromatic nitrogens is 3. The van der Waals surface area contributed by atoms with Crippen LogP contribution >= 0.6 is 0 Å². The predicted molar refractivity (Wildman–Crippen MR) is 105 cm³/mol. The van der Waals surface area contributed by atoms with E-state index in [-0.39, 0.29) is 6.10 Å². The number of rotatable bonds is 5. The minimum Gasteiger partial charge on any atom is -0.472 e. The van der Waals surface area contributed by atoms with Crippen LogP contribution < -0.4 is 10.1 Å². The van der Waals surface area contributed by atoms with Crippen LogP contribution in [0.5, 0.6) is 5.88 Å². The number of hydrogen-bond donors (Lipinski definition) is 1. The quantitative estimate of drug-likeness (QED) is 0.648. The fourth-order valence-corrected chi connectivity index (χ4v) is 3.35. The Labute approximate surface area is 171 Å². The Kier molecular flexibility index (Phi) is 5.46. The molecule has 1 N–H and O–H groups in total. The van der Waals surface area contributed by atoms with Gasteiger partial charge in [-0.1, -0.05) is 12.1 Å². The summed E-state index contributed by atoms with van der Waals surface area (Å²) in [5, 5.41) is 12.3. The first kappa shape index (κ1) is 20.3. The third-order valence-corrected chi connectivity index (χ3v) is 5.03. The SMILES string of the molecule is Cc1nnc(NC(C)c2cccc(C(F)(F)F)c2)c2nc(OC3CCOC3)ccc12. The monoisotopic (exact) mass is 418 g/mol. The molecule has 158 valence electrons. The molecule has 30 heavy (non-hydrogen) atoms. The number of anilines is 1. The first-order valence-corrected chi connectivity index (χ1v) is 9.63. The van der Waals surface area contributed by atoms with E-state index in [0.29, 0.717) is 41.7 Å². The number of fused-ring (bicyclic) bond motifs is 1. The van der Waals surface area contributed by atoms with Crippen LogP contribution in [0.15, 0.2) is 36.4 Å². The fourth-order valence-electron chi connectivity index (χ4n) is 3.35. The van der Waals surface area contributed by atoms with Crippen molar-refractivity contribution in [2.45, 2.75) is 38.6 Å². The van der Waals surface area contributed by atoms with E-state index in [2.05, 4.69) is 20.5 Å². The molecule has 9 heteroatoms. The summed E-state index contributed by atoms with van der Waals surface area (Å²) in [7, 11) is 0. The molecule has 1 fully saturated rings. The molecule has 0 bridgehead atoms. The van der Waals surface area contributed by atoms with Gasteiger partial charge in [-0.2, -0.15) is 18.3 Å². The third-order valence-electron chi connectivity index (χ3n) is 5.03. The Bertz CT molecular complexity index is 1050. The lowest BCUT2D eigenvalue weighted by atomic mass is 10.0. The summed E-state index contributed by atoms with van der Waals surface area (Å²) in [4.78, 5) is 4.58. The molecule has 2 unspecified atom stereocenters. The highest BCUT2D eigenvalue weighted by molar-refractivity contribution is 5.89. The largest absolute Gasteiger partial charge is 0.472 e. The van der Waals surface area contributed by atoms with E-state index in [1.54, 1.807) is 19.1 Å². The number of nitrogens with zero attached hydrogens (tertiary/aromatic N) is 3. The van der Waals surface area contributed by atoms with E-state index in [0.717, 1.165) is 23.9 Å². The van der Waals surface area contributed by atoms with Crippen molar-refractivity contribution in [3.8, 4) is 5.88 Å². The number of ether oxygens (including phenoxy) is 2. The van der Waals surface area contributed by atoms with Gasteiger partial charge in [0.15, 0.2) is 5.82 Å². The average molecular weight is 418 g/mol. The standard InChI is InChI=1S/C21H21F3N4O2/c1-12(14-4-3-5-15(10-14)21(22,23)24)25-20-19-17(13(2)27-28-20)6-7-18(26-19)30-16-8-9-29-11-16/h3-7,10,12,16H,8-9,11H2,1-2H3,(H,25,28). The van der Waals surface area contributed by atoms with Gasteiger partial charge in [-0.15, -0.1) is 5.10 Å². The van der Waals surface area contributed by atoms with Gasteiger partial charge in [0, 0.05) is 17.9 Å². The van der Waals surface area contributed by atoms with Gasteiger partial charge in [-0.3, -0.25) is 0 Å².